The van der Waals surface area contributed by atoms with E-state index in [1.165, 1.54) is 22.2 Å². The molecule has 0 amide bonds. The number of Topliss-reactive ketones (excluding diaryl/α,β-unsaturated/α-hetero) is 1. The Balaban J connectivity index is 1.64. The molecule has 2 heterocycles. The van der Waals surface area contributed by atoms with Crippen molar-refractivity contribution in [3.63, 3.8) is 0 Å². The summed E-state index contributed by atoms with van der Waals surface area (Å²) in [6, 6.07) is 14.2. The van der Waals surface area contributed by atoms with E-state index in [0.29, 0.717) is 26.6 Å². The smallest absolute Gasteiger partial charge is 0.263 e. The highest BCUT2D eigenvalue weighted by atomic mass is 35.5. The van der Waals surface area contributed by atoms with Crippen LogP contribution in [0.4, 0.5) is 0 Å². The molecule has 0 aliphatic carbocycles. The van der Waals surface area contributed by atoms with Gasteiger partial charge >= 0.3 is 0 Å². The second kappa shape index (κ2) is 8.42. The largest absolute Gasteiger partial charge is 0.491 e. The molecule has 7 heteroatoms. The highest BCUT2D eigenvalue weighted by molar-refractivity contribution is 7.17. The molecule has 2 aromatic heterocycles. The molecule has 0 aliphatic heterocycles. The molecule has 0 saturated carbocycles. The van der Waals surface area contributed by atoms with Crippen molar-refractivity contribution in [2.75, 3.05) is 0 Å². The lowest BCUT2D eigenvalue weighted by Crippen LogP contribution is -2.24. The molecule has 0 bridgehead atoms. The van der Waals surface area contributed by atoms with Crippen molar-refractivity contribution in [1.29, 1.82) is 0 Å². The fraction of sp³-hybridized carbons (Fsp3) is 0.174. The summed E-state index contributed by atoms with van der Waals surface area (Å²) in [5.41, 5.74) is 1.95. The van der Waals surface area contributed by atoms with Gasteiger partial charge in [-0.3, -0.25) is 14.2 Å². The van der Waals surface area contributed by atoms with Gasteiger partial charge in [0.1, 0.15) is 10.6 Å². The monoisotopic (exact) mass is 438 g/mol. The number of hydrogen-bond donors (Lipinski definition) is 0. The Kier molecular flexibility index (Phi) is 5.70. The average Bonchev–Trinajstić information content (AvgIpc) is 3.15. The molecule has 5 nitrogen and oxygen atoms in total. The zero-order chi connectivity index (χ0) is 21.3. The summed E-state index contributed by atoms with van der Waals surface area (Å²) < 4.78 is 6.96. The van der Waals surface area contributed by atoms with Crippen molar-refractivity contribution in [3.8, 4) is 16.9 Å². The van der Waals surface area contributed by atoms with Crippen molar-refractivity contribution in [1.82, 2.24) is 9.55 Å². The number of nitrogens with zero attached hydrogens (tertiary/aromatic N) is 2. The summed E-state index contributed by atoms with van der Waals surface area (Å²) in [5, 5.41) is 3.05. The first-order valence-corrected chi connectivity index (χ1v) is 10.7. The molecule has 152 valence electrons. The Morgan fingerprint density at radius 3 is 2.50 bits per heavy atom. The summed E-state index contributed by atoms with van der Waals surface area (Å²) in [4.78, 5) is 30.9. The SMILES string of the molecule is CC(C)Oc1ccc(C(=O)Cn2cnc3scc(-c4ccc(Cl)cc4)c3c2=O)cc1. The molecule has 0 aliphatic rings. The van der Waals surface area contributed by atoms with Gasteiger partial charge in [0.25, 0.3) is 5.56 Å². The minimum atomic E-state index is -0.237. The summed E-state index contributed by atoms with van der Waals surface area (Å²) in [5.74, 6) is 0.533. The van der Waals surface area contributed by atoms with E-state index < -0.39 is 0 Å². The zero-order valence-electron chi connectivity index (χ0n) is 16.5. The van der Waals surface area contributed by atoms with Crippen LogP contribution in [0.25, 0.3) is 21.3 Å². The quantitative estimate of drug-likeness (QED) is 0.375. The molecule has 0 unspecified atom stereocenters. The topological polar surface area (TPSA) is 61.2 Å². The summed E-state index contributed by atoms with van der Waals surface area (Å²) >= 11 is 7.38. The van der Waals surface area contributed by atoms with Crippen LogP contribution >= 0.6 is 22.9 Å². The summed E-state index contributed by atoms with van der Waals surface area (Å²) in [7, 11) is 0. The number of halogens is 1. The van der Waals surface area contributed by atoms with Crippen molar-refractivity contribution in [2.24, 2.45) is 0 Å². The van der Waals surface area contributed by atoms with Gasteiger partial charge in [0.15, 0.2) is 5.78 Å². The Hall–Kier alpha value is -2.96. The van der Waals surface area contributed by atoms with Crippen molar-refractivity contribution in [2.45, 2.75) is 26.5 Å². The van der Waals surface area contributed by atoms with Gasteiger partial charge in [0.2, 0.25) is 0 Å². The Morgan fingerprint density at radius 2 is 1.83 bits per heavy atom. The van der Waals surface area contributed by atoms with E-state index in [9.17, 15) is 9.59 Å². The number of ketones is 1. The number of rotatable bonds is 6. The summed E-state index contributed by atoms with van der Waals surface area (Å²) in [6.07, 6.45) is 1.49. The first kappa shape index (κ1) is 20.3. The van der Waals surface area contributed by atoms with Gasteiger partial charge in [-0.25, -0.2) is 4.98 Å². The lowest BCUT2D eigenvalue weighted by Gasteiger charge is -2.10. The molecule has 2 aromatic carbocycles. The van der Waals surface area contributed by atoms with E-state index in [4.69, 9.17) is 16.3 Å². The van der Waals surface area contributed by atoms with Crippen LogP contribution in [0.3, 0.4) is 0 Å². The molecular formula is C23H19ClN2O3S. The Bertz CT molecular complexity index is 1260. The van der Waals surface area contributed by atoms with Crippen LogP contribution in [0.5, 0.6) is 5.75 Å². The molecule has 30 heavy (non-hydrogen) atoms. The maximum Gasteiger partial charge on any atom is 0.263 e. The van der Waals surface area contributed by atoms with E-state index in [2.05, 4.69) is 4.98 Å². The maximum absolute atomic E-state index is 13.1. The highest BCUT2D eigenvalue weighted by Crippen LogP contribution is 2.31. The van der Waals surface area contributed by atoms with Crippen LogP contribution in [-0.2, 0) is 6.54 Å². The van der Waals surface area contributed by atoms with Gasteiger partial charge < -0.3 is 4.74 Å². The van der Waals surface area contributed by atoms with E-state index in [0.717, 1.165) is 11.1 Å². The van der Waals surface area contributed by atoms with E-state index in [1.807, 2.05) is 31.4 Å². The van der Waals surface area contributed by atoms with E-state index in [-0.39, 0.29) is 24.0 Å². The van der Waals surface area contributed by atoms with Crippen LogP contribution in [0.15, 0.2) is 65.0 Å². The third kappa shape index (κ3) is 4.15. The van der Waals surface area contributed by atoms with Crippen molar-refractivity contribution >= 4 is 38.9 Å². The van der Waals surface area contributed by atoms with Crippen LogP contribution in [0.2, 0.25) is 5.02 Å². The fourth-order valence-electron chi connectivity index (χ4n) is 3.16. The predicted octanol–water partition coefficient (Wildman–Crippen LogP) is 5.45. The lowest BCUT2D eigenvalue weighted by atomic mass is 10.1. The fourth-order valence-corrected chi connectivity index (χ4v) is 4.19. The number of thiophene rings is 1. The number of carbonyl (C=O) groups is 1. The molecule has 0 saturated heterocycles. The molecule has 4 rings (SSSR count). The molecule has 0 atom stereocenters. The van der Waals surface area contributed by atoms with Gasteiger partial charge in [-0.05, 0) is 55.8 Å². The predicted molar refractivity (Wildman–Crippen MR) is 121 cm³/mol. The maximum atomic E-state index is 13.1. The Morgan fingerprint density at radius 1 is 1.13 bits per heavy atom. The number of carbonyl (C=O) groups excluding carboxylic acids is 1. The van der Waals surface area contributed by atoms with Crippen molar-refractivity contribution in [3.05, 3.63) is 81.2 Å². The standard InChI is InChI=1S/C23H19ClN2O3S/c1-14(2)29-18-9-5-16(6-10-18)20(27)11-26-13-25-22-21(23(26)28)19(12-30-22)15-3-7-17(24)8-4-15/h3-10,12-14H,11H2,1-2H3. The van der Waals surface area contributed by atoms with Gasteiger partial charge in [0, 0.05) is 21.5 Å². The second-order valence-electron chi connectivity index (χ2n) is 7.13. The van der Waals surface area contributed by atoms with Crippen LogP contribution in [-0.4, -0.2) is 21.4 Å². The Labute approximate surface area is 182 Å². The molecule has 0 fully saturated rings. The van der Waals surface area contributed by atoms with E-state index in [1.54, 1.807) is 36.4 Å². The number of benzene rings is 2. The second-order valence-corrected chi connectivity index (χ2v) is 8.42. The van der Waals surface area contributed by atoms with Crippen molar-refractivity contribution < 1.29 is 9.53 Å². The first-order valence-electron chi connectivity index (χ1n) is 9.45. The summed E-state index contributed by atoms with van der Waals surface area (Å²) in [6.45, 7) is 3.80. The molecule has 0 radical (unpaired) electrons. The number of hydrogen-bond acceptors (Lipinski definition) is 5. The lowest BCUT2D eigenvalue weighted by molar-refractivity contribution is 0.0970. The molecule has 4 aromatic rings. The number of ether oxygens (including phenoxy) is 1. The number of fused-ring (bicyclic) bond motifs is 1. The third-order valence-corrected chi connectivity index (χ3v) is 5.72. The number of aromatic nitrogens is 2. The van der Waals surface area contributed by atoms with Crippen LogP contribution in [0, 0.1) is 0 Å². The molecule has 0 spiro atoms. The minimum absolute atomic E-state index is 0.0587. The molecular weight excluding hydrogens is 420 g/mol. The highest BCUT2D eigenvalue weighted by Gasteiger charge is 2.15. The van der Waals surface area contributed by atoms with Crippen LogP contribution < -0.4 is 10.3 Å². The zero-order valence-corrected chi connectivity index (χ0v) is 18.0. The molecule has 0 N–H and O–H groups in total. The van der Waals surface area contributed by atoms with Crippen LogP contribution in [0.1, 0.15) is 24.2 Å². The van der Waals surface area contributed by atoms with Gasteiger partial charge in [0.05, 0.1) is 24.4 Å². The van der Waals surface area contributed by atoms with E-state index >= 15 is 0 Å². The van der Waals surface area contributed by atoms with Gasteiger partial charge in [-0.1, -0.05) is 23.7 Å². The normalized spacial score (nSPS) is 11.2. The third-order valence-electron chi connectivity index (χ3n) is 4.58. The van der Waals surface area contributed by atoms with Gasteiger partial charge in [-0.2, -0.15) is 0 Å². The minimum Gasteiger partial charge on any atom is -0.491 e. The average molecular weight is 439 g/mol. The first-order chi connectivity index (χ1) is 14.4. The van der Waals surface area contributed by atoms with Gasteiger partial charge in [-0.15, -0.1) is 11.3 Å².